The minimum absolute atomic E-state index is 0.500. The van der Waals surface area contributed by atoms with Gasteiger partial charge >= 0.3 is 5.97 Å². The molecule has 0 saturated heterocycles. The Morgan fingerprint density at radius 2 is 2.00 bits per heavy atom. The van der Waals surface area contributed by atoms with Crippen LogP contribution in [0.25, 0.3) is 0 Å². The number of rotatable bonds is 4. The van der Waals surface area contributed by atoms with Crippen molar-refractivity contribution < 1.29 is 14.7 Å². The van der Waals surface area contributed by atoms with Gasteiger partial charge in [0, 0.05) is 5.92 Å². The molecule has 0 aliphatic rings. The molecule has 0 rings (SSSR count). The zero-order chi connectivity index (χ0) is 9.02. The predicted molar refractivity (Wildman–Crippen MR) is 41.2 cm³/mol. The first-order valence-corrected chi connectivity index (χ1v) is 3.43. The van der Waals surface area contributed by atoms with Crippen molar-refractivity contribution >= 4 is 11.8 Å². The molecule has 0 fully saturated rings. The van der Waals surface area contributed by atoms with Gasteiger partial charge in [-0.05, 0) is 13.3 Å². The molecule has 1 unspecified atom stereocenters. The number of hydrogen-bond donors (Lipinski definition) is 1. The molecule has 1 N–H and O–H groups in total. The van der Waals surface area contributed by atoms with Crippen LogP contribution in [0.4, 0.5) is 0 Å². The van der Waals surface area contributed by atoms with Crippen molar-refractivity contribution in [2.75, 3.05) is 0 Å². The minimum Gasteiger partial charge on any atom is -0.475 e. The molecule has 0 bridgehead atoms. The Morgan fingerprint density at radius 1 is 1.55 bits per heavy atom. The Kier molecular flexibility index (Phi) is 3.51. The van der Waals surface area contributed by atoms with Crippen molar-refractivity contribution in [2.24, 2.45) is 5.92 Å². The van der Waals surface area contributed by atoms with Crippen molar-refractivity contribution in [3.8, 4) is 0 Å². The van der Waals surface area contributed by atoms with E-state index >= 15 is 0 Å². The normalized spacial score (nSPS) is 12.2. The highest BCUT2D eigenvalue weighted by Gasteiger charge is 2.23. The van der Waals surface area contributed by atoms with E-state index in [0.717, 1.165) is 0 Å². The molecule has 0 aromatic rings. The third-order valence-electron chi connectivity index (χ3n) is 1.53. The van der Waals surface area contributed by atoms with Crippen LogP contribution in [0, 0.1) is 5.92 Å². The summed E-state index contributed by atoms with van der Waals surface area (Å²) in [5, 5.41) is 8.34. The standard InChI is InChI=1S/C8H12O3/c1-4-6(5(2)3)7(9)8(10)11/h6H,2,4H2,1,3H3,(H,10,11). The second kappa shape index (κ2) is 3.91. The van der Waals surface area contributed by atoms with E-state index in [-0.39, 0.29) is 0 Å². The Hall–Kier alpha value is -1.12. The lowest BCUT2D eigenvalue weighted by atomic mass is 9.94. The number of aliphatic carboxylic acids is 1. The molecule has 3 heteroatoms. The van der Waals surface area contributed by atoms with Crippen LogP contribution in [-0.2, 0) is 9.59 Å². The zero-order valence-electron chi connectivity index (χ0n) is 6.76. The van der Waals surface area contributed by atoms with Gasteiger partial charge in [0.2, 0.25) is 5.78 Å². The Labute approximate surface area is 65.7 Å². The van der Waals surface area contributed by atoms with Gasteiger partial charge in [0.05, 0.1) is 0 Å². The summed E-state index contributed by atoms with van der Waals surface area (Å²) >= 11 is 0. The molecular formula is C8H12O3. The highest BCUT2D eigenvalue weighted by atomic mass is 16.4. The third kappa shape index (κ3) is 2.53. The van der Waals surface area contributed by atoms with Crippen molar-refractivity contribution in [1.29, 1.82) is 0 Å². The monoisotopic (exact) mass is 156 g/mol. The molecule has 0 spiro atoms. The number of carbonyl (C=O) groups is 2. The van der Waals surface area contributed by atoms with Crippen LogP contribution in [-0.4, -0.2) is 16.9 Å². The minimum atomic E-state index is -1.38. The maximum Gasteiger partial charge on any atom is 0.372 e. The summed E-state index contributed by atoms with van der Waals surface area (Å²) < 4.78 is 0. The van der Waals surface area contributed by atoms with Crippen LogP contribution < -0.4 is 0 Å². The fraction of sp³-hybridized carbons (Fsp3) is 0.500. The topological polar surface area (TPSA) is 54.4 Å². The number of ketones is 1. The van der Waals surface area contributed by atoms with Gasteiger partial charge in [0.25, 0.3) is 0 Å². The van der Waals surface area contributed by atoms with Gasteiger partial charge in [-0.1, -0.05) is 19.1 Å². The first-order valence-electron chi connectivity index (χ1n) is 3.43. The summed E-state index contributed by atoms with van der Waals surface area (Å²) in [4.78, 5) is 21.1. The highest BCUT2D eigenvalue weighted by Crippen LogP contribution is 2.13. The highest BCUT2D eigenvalue weighted by molar-refractivity contribution is 6.34. The SMILES string of the molecule is C=C(C)C(CC)C(=O)C(=O)O. The average Bonchev–Trinajstić information content (AvgIpc) is 1.88. The van der Waals surface area contributed by atoms with Gasteiger partial charge in [-0.3, -0.25) is 4.79 Å². The molecule has 3 nitrogen and oxygen atoms in total. The van der Waals surface area contributed by atoms with Crippen molar-refractivity contribution in [1.82, 2.24) is 0 Å². The molecule has 0 amide bonds. The van der Waals surface area contributed by atoms with E-state index < -0.39 is 17.7 Å². The predicted octanol–water partition coefficient (Wildman–Crippen LogP) is 1.24. The van der Waals surface area contributed by atoms with Gasteiger partial charge in [0.15, 0.2) is 0 Å². The van der Waals surface area contributed by atoms with E-state index in [4.69, 9.17) is 5.11 Å². The first-order chi connectivity index (χ1) is 5.00. The third-order valence-corrected chi connectivity index (χ3v) is 1.53. The molecule has 11 heavy (non-hydrogen) atoms. The van der Waals surface area contributed by atoms with Crippen molar-refractivity contribution in [3.05, 3.63) is 12.2 Å². The second-order valence-corrected chi connectivity index (χ2v) is 2.48. The number of Topliss-reactive ketones (excluding diaryl/α,β-unsaturated/α-hetero) is 1. The first kappa shape index (κ1) is 9.88. The molecule has 0 aromatic carbocycles. The van der Waals surface area contributed by atoms with Gasteiger partial charge in [0.1, 0.15) is 0 Å². The molecule has 0 saturated carbocycles. The summed E-state index contributed by atoms with van der Waals surface area (Å²) in [6, 6.07) is 0. The van der Waals surface area contributed by atoms with Crippen LogP contribution in [0.3, 0.4) is 0 Å². The maximum atomic E-state index is 10.9. The quantitative estimate of drug-likeness (QED) is 0.492. The Bertz CT molecular complexity index is 194. The zero-order valence-corrected chi connectivity index (χ0v) is 6.76. The summed E-state index contributed by atoms with van der Waals surface area (Å²) in [5.74, 6) is -2.66. The number of hydrogen-bond acceptors (Lipinski definition) is 2. The molecule has 0 heterocycles. The summed E-state index contributed by atoms with van der Waals surface area (Å²) in [5.41, 5.74) is 0.611. The molecule has 0 aliphatic carbocycles. The van der Waals surface area contributed by atoms with E-state index in [9.17, 15) is 9.59 Å². The van der Waals surface area contributed by atoms with E-state index in [1.165, 1.54) is 0 Å². The van der Waals surface area contributed by atoms with Crippen LogP contribution in [0.5, 0.6) is 0 Å². The molecule has 0 radical (unpaired) electrons. The van der Waals surface area contributed by atoms with Crippen LogP contribution in [0.15, 0.2) is 12.2 Å². The number of carboxylic acid groups (broad SMARTS) is 1. The van der Waals surface area contributed by atoms with Crippen LogP contribution >= 0.6 is 0 Å². The Balaban J connectivity index is 4.39. The molecule has 1 atom stereocenters. The smallest absolute Gasteiger partial charge is 0.372 e. The summed E-state index contributed by atoms with van der Waals surface area (Å²) in [7, 11) is 0. The second-order valence-electron chi connectivity index (χ2n) is 2.48. The number of allylic oxidation sites excluding steroid dienone is 1. The lowest BCUT2D eigenvalue weighted by Crippen LogP contribution is -2.23. The Morgan fingerprint density at radius 3 is 2.09 bits per heavy atom. The van der Waals surface area contributed by atoms with E-state index in [0.29, 0.717) is 12.0 Å². The fourth-order valence-corrected chi connectivity index (χ4v) is 0.907. The lowest BCUT2D eigenvalue weighted by Gasteiger charge is -2.08. The van der Waals surface area contributed by atoms with E-state index in [1.54, 1.807) is 13.8 Å². The van der Waals surface area contributed by atoms with Gasteiger partial charge in [-0.15, -0.1) is 0 Å². The average molecular weight is 156 g/mol. The van der Waals surface area contributed by atoms with Gasteiger partial charge in [-0.2, -0.15) is 0 Å². The molecule has 0 aliphatic heterocycles. The van der Waals surface area contributed by atoms with Crippen LogP contribution in [0.1, 0.15) is 20.3 Å². The lowest BCUT2D eigenvalue weighted by molar-refractivity contribution is -0.150. The number of carbonyl (C=O) groups excluding carboxylic acids is 1. The largest absolute Gasteiger partial charge is 0.475 e. The summed E-state index contributed by atoms with van der Waals surface area (Å²) in [6.45, 7) is 6.97. The summed E-state index contributed by atoms with van der Waals surface area (Å²) in [6.07, 6.45) is 0.500. The van der Waals surface area contributed by atoms with E-state index in [1.807, 2.05) is 0 Å². The maximum absolute atomic E-state index is 10.9. The van der Waals surface area contributed by atoms with Gasteiger partial charge in [-0.25, -0.2) is 4.79 Å². The molecule has 62 valence electrons. The molecular weight excluding hydrogens is 144 g/mol. The van der Waals surface area contributed by atoms with Gasteiger partial charge < -0.3 is 5.11 Å². The van der Waals surface area contributed by atoms with E-state index in [2.05, 4.69) is 6.58 Å². The van der Waals surface area contributed by atoms with Crippen LogP contribution in [0.2, 0.25) is 0 Å². The van der Waals surface area contributed by atoms with Crippen molar-refractivity contribution in [2.45, 2.75) is 20.3 Å². The fourth-order valence-electron chi connectivity index (χ4n) is 0.907. The molecule has 0 aromatic heterocycles. The number of carboxylic acids is 1. The van der Waals surface area contributed by atoms with Crippen molar-refractivity contribution in [3.63, 3.8) is 0 Å².